The van der Waals surface area contributed by atoms with Gasteiger partial charge in [0.15, 0.2) is 0 Å². The lowest BCUT2D eigenvalue weighted by atomic mass is 10.2. The third kappa shape index (κ3) is 3.69. The van der Waals surface area contributed by atoms with Gasteiger partial charge in [-0.05, 0) is 36.4 Å². The van der Waals surface area contributed by atoms with E-state index in [0.29, 0.717) is 5.76 Å². The summed E-state index contributed by atoms with van der Waals surface area (Å²) in [5, 5.41) is 9.90. The second kappa shape index (κ2) is 7.10. The summed E-state index contributed by atoms with van der Waals surface area (Å²) in [4.78, 5) is 4.12. The van der Waals surface area contributed by atoms with Gasteiger partial charge in [0.2, 0.25) is 12.2 Å². The molecule has 1 aliphatic rings. The van der Waals surface area contributed by atoms with Crippen molar-refractivity contribution in [3.63, 3.8) is 0 Å². The first kappa shape index (κ1) is 15.9. The molecule has 2 aromatic rings. The van der Waals surface area contributed by atoms with E-state index in [0.717, 1.165) is 0 Å². The molecule has 1 aromatic carbocycles. The summed E-state index contributed by atoms with van der Waals surface area (Å²) in [5.41, 5.74) is 0.468. The number of ether oxygens (including phenoxy) is 2. The topological polar surface area (TPSA) is 64.2 Å². The van der Waals surface area contributed by atoms with Gasteiger partial charge in [0, 0.05) is 0 Å². The molecule has 0 radical (unpaired) electrons. The number of rotatable bonds is 5. The zero-order valence-corrected chi connectivity index (χ0v) is 12.3. The van der Waals surface area contributed by atoms with Crippen LogP contribution in [0.3, 0.4) is 0 Å². The van der Waals surface area contributed by atoms with Crippen LogP contribution in [0.2, 0.25) is 0 Å². The molecule has 7 heteroatoms. The van der Waals surface area contributed by atoms with Gasteiger partial charge >= 0.3 is 6.61 Å². The van der Waals surface area contributed by atoms with Crippen LogP contribution in [0.25, 0.3) is 6.08 Å². The summed E-state index contributed by atoms with van der Waals surface area (Å²) in [5.74, 6) is 0.572. The van der Waals surface area contributed by atoms with Crippen LogP contribution in [0.5, 0.6) is 5.75 Å². The van der Waals surface area contributed by atoms with Crippen molar-refractivity contribution in [3.05, 3.63) is 71.8 Å². The van der Waals surface area contributed by atoms with Crippen LogP contribution in [-0.4, -0.2) is 23.9 Å². The number of allylic oxidation sites excluding steroid dienone is 2. The first-order chi connectivity index (χ1) is 11.6. The maximum absolute atomic E-state index is 12.5. The van der Waals surface area contributed by atoms with E-state index in [1.807, 2.05) is 0 Å². The summed E-state index contributed by atoms with van der Waals surface area (Å²) in [6, 6.07) is 9.59. The summed E-state index contributed by atoms with van der Waals surface area (Å²) in [7, 11) is 0. The Kier molecular flexibility index (Phi) is 4.72. The minimum atomic E-state index is -2.97. The van der Waals surface area contributed by atoms with Crippen LogP contribution >= 0.6 is 0 Å². The fraction of sp³-hybridized carbons (Fsp3) is 0.118. The number of benzene rings is 1. The van der Waals surface area contributed by atoms with E-state index in [2.05, 4.69) is 9.73 Å². The van der Waals surface area contributed by atoms with Gasteiger partial charge in [-0.25, -0.2) is 4.99 Å². The molecule has 0 saturated carbocycles. The average molecular weight is 333 g/mol. The van der Waals surface area contributed by atoms with Gasteiger partial charge in [-0.1, -0.05) is 18.2 Å². The van der Waals surface area contributed by atoms with Crippen LogP contribution in [0.15, 0.2) is 69.9 Å². The van der Waals surface area contributed by atoms with E-state index in [1.165, 1.54) is 24.5 Å². The van der Waals surface area contributed by atoms with E-state index in [1.54, 1.807) is 36.4 Å². The SMILES string of the molecule is OC1OC(c2ccccc2OC(F)F)=N/C1=C/C=C/c1ccco1. The molecular formula is C17H13F2NO4. The fourth-order valence-corrected chi connectivity index (χ4v) is 2.08. The molecule has 0 saturated heterocycles. The van der Waals surface area contributed by atoms with Gasteiger partial charge in [-0.15, -0.1) is 0 Å². The molecule has 1 atom stereocenters. The third-order valence-corrected chi connectivity index (χ3v) is 3.11. The highest BCUT2D eigenvalue weighted by atomic mass is 19.3. The van der Waals surface area contributed by atoms with Crippen LogP contribution < -0.4 is 4.74 Å². The standard InChI is InChI=1S/C17H13F2NO4/c18-17(19)23-14-9-2-1-7-12(14)15-20-13(16(21)24-15)8-3-5-11-6-4-10-22-11/h1-10,16-17,21H/b5-3+,13-8+. The Labute approximate surface area is 136 Å². The molecule has 0 spiro atoms. The number of aliphatic hydroxyl groups excluding tert-OH is 1. The molecule has 1 unspecified atom stereocenters. The Morgan fingerprint density at radius 1 is 1.21 bits per heavy atom. The summed E-state index contributed by atoms with van der Waals surface area (Å²) in [6.45, 7) is -2.97. The molecule has 24 heavy (non-hydrogen) atoms. The van der Waals surface area contributed by atoms with Crippen molar-refractivity contribution in [2.45, 2.75) is 12.9 Å². The van der Waals surface area contributed by atoms with Crippen molar-refractivity contribution in [3.8, 4) is 5.75 Å². The molecule has 0 bridgehead atoms. The Hall–Kier alpha value is -2.93. The van der Waals surface area contributed by atoms with E-state index in [9.17, 15) is 13.9 Å². The molecule has 2 heterocycles. The average Bonchev–Trinajstić information content (AvgIpc) is 3.18. The number of aliphatic hydroxyl groups is 1. The summed E-state index contributed by atoms with van der Waals surface area (Å²) < 4.78 is 39.7. The molecule has 1 aromatic heterocycles. The van der Waals surface area contributed by atoms with Crippen molar-refractivity contribution in [1.82, 2.24) is 0 Å². The molecule has 3 rings (SSSR count). The first-order valence-corrected chi connectivity index (χ1v) is 7.03. The van der Waals surface area contributed by atoms with Crippen LogP contribution in [0, 0.1) is 0 Å². The van der Waals surface area contributed by atoms with E-state index >= 15 is 0 Å². The number of hydrogen-bond acceptors (Lipinski definition) is 5. The predicted octanol–water partition coefficient (Wildman–Crippen LogP) is 3.57. The normalized spacial score (nSPS) is 19.1. The number of para-hydroxylation sites is 1. The smallest absolute Gasteiger partial charge is 0.387 e. The maximum atomic E-state index is 12.5. The number of aliphatic imine (C=N–C) groups is 1. The van der Waals surface area contributed by atoms with Crippen molar-refractivity contribution >= 4 is 12.0 Å². The maximum Gasteiger partial charge on any atom is 0.387 e. The molecule has 0 aliphatic carbocycles. The molecule has 124 valence electrons. The second-order valence-electron chi connectivity index (χ2n) is 4.73. The van der Waals surface area contributed by atoms with Crippen molar-refractivity contribution < 1.29 is 27.8 Å². The van der Waals surface area contributed by atoms with Crippen LogP contribution in [-0.2, 0) is 4.74 Å². The number of furan rings is 1. The highest BCUT2D eigenvalue weighted by Gasteiger charge is 2.26. The van der Waals surface area contributed by atoms with Gasteiger partial charge in [-0.3, -0.25) is 0 Å². The Bertz CT molecular complexity index is 782. The first-order valence-electron chi connectivity index (χ1n) is 7.03. The second-order valence-corrected chi connectivity index (χ2v) is 4.73. The minimum absolute atomic E-state index is 0.0106. The Morgan fingerprint density at radius 2 is 2.04 bits per heavy atom. The van der Waals surface area contributed by atoms with E-state index in [4.69, 9.17) is 9.15 Å². The van der Waals surface area contributed by atoms with Crippen molar-refractivity contribution in [2.75, 3.05) is 0 Å². The molecule has 5 nitrogen and oxygen atoms in total. The fourth-order valence-electron chi connectivity index (χ4n) is 2.08. The lowest BCUT2D eigenvalue weighted by Crippen LogP contribution is -2.13. The number of nitrogens with zero attached hydrogens (tertiary/aromatic N) is 1. The largest absolute Gasteiger partial charge is 0.465 e. The molecule has 0 fully saturated rings. The van der Waals surface area contributed by atoms with Gasteiger partial charge in [0.25, 0.3) is 0 Å². The highest BCUT2D eigenvalue weighted by Crippen LogP contribution is 2.27. The van der Waals surface area contributed by atoms with E-state index < -0.39 is 12.9 Å². The Balaban J connectivity index is 1.83. The van der Waals surface area contributed by atoms with Gasteiger partial charge in [0.05, 0.1) is 11.8 Å². The van der Waals surface area contributed by atoms with Crippen LogP contribution in [0.4, 0.5) is 8.78 Å². The zero-order valence-electron chi connectivity index (χ0n) is 12.3. The van der Waals surface area contributed by atoms with Crippen molar-refractivity contribution in [1.29, 1.82) is 0 Å². The molecule has 1 N–H and O–H groups in total. The lowest BCUT2D eigenvalue weighted by Gasteiger charge is -2.10. The molecule has 0 amide bonds. The quantitative estimate of drug-likeness (QED) is 0.908. The summed E-state index contributed by atoms with van der Waals surface area (Å²) >= 11 is 0. The van der Waals surface area contributed by atoms with Gasteiger partial charge in [-0.2, -0.15) is 8.78 Å². The number of hydrogen-bond donors (Lipinski definition) is 1. The third-order valence-electron chi connectivity index (χ3n) is 3.11. The molecule has 1 aliphatic heterocycles. The number of halogens is 2. The monoisotopic (exact) mass is 333 g/mol. The number of alkyl halides is 2. The van der Waals surface area contributed by atoms with Gasteiger partial charge < -0.3 is 19.0 Å². The minimum Gasteiger partial charge on any atom is -0.465 e. The zero-order chi connectivity index (χ0) is 16.9. The Morgan fingerprint density at radius 3 is 2.79 bits per heavy atom. The van der Waals surface area contributed by atoms with Crippen molar-refractivity contribution in [2.24, 2.45) is 4.99 Å². The lowest BCUT2D eigenvalue weighted by molar-refractivity contribution is -0.0502. The predicted molar refractivity (Wildman–Crippen MR) is 82.5 cm³/mol. The molecular weight excluding hydrogens is 320 g/mol. The highest BCUT2D eigenvalue weighted by molar-refractivity contribution is 5.98. The van der Waals surface area contributed by atoms with Crippen LogP contribution in [0.1, 0.15) is 11.3 Å². The van der Waals surface area contributed by atoms with E-state index in [-0.39, 0.29) is 22.9 Å². The summed E-state index contributed by atoms with van der Waals surface area (Å²) in [6.07, 6.45) is 5.10. The van der Waals surface area contributed by atoms with Gasteiger partial charge in [0.1, 0.15) is 17.2 Å².